The highest BCUT2D eigenvalue weighted by molar-refractivity contribution is 5.97. The van der Waals surface area contributed by atoms with Crippen LogP contribution in [0, 0.1) is 0 Å². The van der Waals surface area contributed by atoms with Crippen molar-refractivity contribution in [2.24, 2.45) is 0 Å². The molecule has 9 nitrogen and oxygen atoms in total. The fraction of sp³-hybridized carbons (Fsp3) is 0.263. The van der Waals surface area contributed by atoms with Crippen LogP contribution in [0.5, 0.6) is 0 Å². The summed E-state index contributed by atoms with van der Waals surface area (Å²) in [6.45, 7) is 1.48. The summed E-state index contributed by atoms with van der Waals surface area (Å²) in [6, 6.07) is 8.56. The summed E-state index contributed by atoms with van der Waals surface area (Å²) >= 11 is 0. The zero-order valence-corrected chi connectivity index (χ0v) is 15.0. The fourth-order valence-corrected chi connectivity index (χ4v) is 3.18. The standard InChI is InChI=1S/C19H19N3O6/c1-10(23)22-9-13(24)8-16(22)18(26)20-12-4-2-11(3-5-12)15-7-6-14(19(27)28)17(25)21-15/h2-7,13,16,24H,8-9H2,1H3,(H,20,26)(H,21,25)(H,27,28)/t13?,16-/m1/s1. The molecule has 1 saturated heterocycles. The van der Waals surface area contributed by atoms with Gasteiger partial charge in [-0.1, -0.05) is 12.1 Å². The molecule has 2 aromatic rings. The van der Waals surface area contributed by atoms with E-state index in [1.165, 1.54) is 24.0 Å². The predicted octanol–water partition coefficient (Wildman–Crippen LogP) is 0.660. The number of nitrogens with one attached hydrogen (secondary N) is 2. The maximum Gasteiger partial charge on any atom is 0.341 e. The number of carbonyl (C=O) groups excluding carboxylic acids is 2. The molecule has 9 heteroatoms. The number of likely N-dealkylation sites (tertiary alicyclic amines) is 1. The number of aromatic amines is 1. The Morgan fingerprint density at radius 3 is 2.39 bits per heavy atom. The summed E-state index contributed by atoms with van der Waals surface area (Å²) in [5.74, 6) is -1.97. The Morgan fingerprint density at radius 2 is 1.82 bits per heavy atom. The molecule has 2 atom stereocenters. The average Bonchev–Trinajstić information content (AvgIpc) is 3.04. The Morgan fingerprint density at radius 1 is 1.14 bits per heavy atom. The molecule has 3 rings (SSSR count). The molecular formula is C19H19N3O6. The number of carboxylic acids is 1. The van der Waals surface area contributed by atoms with Crippen LogP contribution >= 0.6 is 0 Å². The van der Waals surface area contributed by atoms with Crippen molar-refractivity contribution in [3.8, 4) is 11.3 Å². The van der Waals surface area contributed by atoms with Crippen molar-refractivity contribution in [2.75, 3.05) is 11.9 Å². The molecular weight excluding hydrogens is 366 g/mol. The van der Waals surface area contributed by atoms with Crippen LogP contribution in [0.1, 0.15) is 23.7 Å². The van der Waals surface area contributed by atoms with E-state index in [1.807, 2.05) is 0 Å². The quantitative estimate of drug-likeness (QED) is 0.610. The summed E-state index contributed by atoms with van der Waals surface area (Å²) in [4.78, 5) is 50.6. The first kappa shape index (κ1) is 19.3. The summed E-state index contributed by atoms with van der Waals surface area (Å²) in [5, 5.41) is 21.3. The lowest BCUT2D eigenvalue weighted by Crippen LogP contribution is -2.42. The number of carboxylic acid groups (broad SMARTS) is 1. The van der Waals surface area contributed by atoms with Gasteiger partial charge >= 0.3 is 5.97 Å². The summed E-state index contributed by atoms with van der Waals surface area (Å²) in [5.41, 5.74) is 0.513. The second-order valence-electron chi connectivity index (χ2n) is 6.56. The van der Waals surface area contributed by atoms with Crippen molar-refractivity contribution >= 4 is 23.5 Å². The second-order valence-corrected chi connectivity index (χ2v) is 6.56. The predicted molar refractivity (Wildman–Crippen MR) is 99.9 cm³/mol. The molecule has 1 aromatic carbocycles. The average molecular weight is 385 g/mol. The molecule has 0 aliphatic carbocycles. The number of β-amino-alcohol motifs (C(OH)–C–C–N with tert-alkyl or cyclic N) is 1. The molecule has 2 heterocycles. The lowest BCUT2D eigenvalue weighted by molar-refractivity contribution is -0.134. The van der Waals surface area contributed by atoms with Crippen LogP contribution in [-0.4, -0.2) is 56.6 Å². The number of hydrogen-bond acceptors (Lipinski definition) is 5. The molecule has 1 aliphatic rings. The number of rotatable bonds is 4. The first-order chi connectivity index (χ1) is 13.3. The second kappa shape index (κ2) is 7.65. The zero-order chi connectivity index (χ0) is 20.4. The van der Waals surface area contributed by atoms with Gasteiger partial charge in [0.1, 0.15) is 11.6 Å². The zero-order valence-electron chi connectivity index (χ0n) is 15.0. The van der Waals surface area contributed by atoms with E-state index in [-0.39, 0.29) is 24.4 Å². The Balaban J connectivity index is 1.73. The minimum absolute atomic E-state index is 0.131. The monoisotopic (exact) mass is 385 g/mol. The number of aliphatic hydroxyl groups excluding tert-OH is 1. The molecule has 2 amide bonds. The number of anilines is 1. The van der Waals surface area contributed by atoms with Crippen LogP contribution in [0.3, 0.4) is 0 Å². The first-order valence-electron chi connectivity index (χ1n) is 8.59. The molecule has 0 spiro atoms. The van der Waals surface area contributed by atoms with Gasteiger partial charge in [0, 0.05) is 31.3 Å². The minimum Gasteiger partial charge on any atom is -0.477 e. The largest absolute Gasteiger partial charge is 0.477 e. The van der Waals surface area contributed by atoms with Crippen molar-refractivity contribution in [3.05, 3.63) is 52.3 Å². The van der Waals surface area contributed by atoms with Crippen molar-refractivity contribution in [1.29, 1.82) is 0 Å². The first-order valence-corrected chi connectivity index (χ1v) is 8.59. The van der Waals surface area contributed by atoms with Gasteiger partial charge in [-0.05, 0) is 29.8 Å². The normalized spacial score (nSPS) is 18.7. The highest BCUT2D eigenvalue weighted by atomic mass is 16.4. The van der Waals surface area contributed by atoms with Gasteiger partial charge in [0.05, 0.1) is 6.10 Å². The van der Waals surface area contributed by atoms with Gasteiger partial charge in [-0.25, -0.2) is 4.79 Å². The van der Waals surface area contributed by atoms with Crippen molar-refractivity contribution in [2.45, 2.75) is 25.5 Å². The van der Waals surface area contributed by atoms with Crippen molar-refractivity contribution in [3.63, 3.8) is 0 Å². The van der Waals surface area contributed by atoms with E-state index in [2.05, 4.69) is 10.3 Å². The molecule has 0 saturated carbocycles. The number of aliphatic hydroxyl groups is 1. The van der Waals surface area contributed by atoms with Gasteiger partial charge in [0.25, 0.3) is 5.56 Å². The van der Waals surface area contributed by atoms with Crippen LogP contribution in [0.2, 0.25) is 0 Å². The Labute approximate surface area is 159 Å². The number of aromatic carboxylic acids is 1. The van der Waals surface area contributed by atoms with Crippen LogP contribution in [0.25, 0.3) is 11.3 Å². The number of H-pyrrole nitrogens is 1. The van der Waals surface area contributed by atoms with Gasteiger partial charge in [-0.3, -0.25) is 14.4 Å². The third kappa shape index (κ3) is 3.94. The smallest absolute Gasteiger partial charge is 0.341 e. The lowest BCUT2D eigenvalue weighted by atomic mass is 10.1. The van der Waals surface area contributed by atoms with E-state index in [1.54, 1.807) is 24.3 Å². The highest BCUT2D eigenvalue weighted by Crippen LogP contribution is 2.22. The number of amides is 2. The number of aromatic nitrogens is 1. The van der Waals surface area contributed by atoms with Crippen LogP contribution < -0.4 is 10.9 Å². The molecule has 1 fully saturated rings. The van der Waals surface area contributed by atoms with Crippen molar-refractivity contribution in [1.82, 2.24) is 9.88 Å². The van der Waals surface area contributed by atoms with E-state index >= 15 is 0 Å². The van der Waals surface area contributed by atoms with Gasteiger partial charge < -0.3 is 25.4 Å². The third-order valence-corrected chi connectivity index (χ3v) is 4.59. The maximum atomic E-state index is 12.5. The van der Waals surface area contributed by atoms with E-state index in [0.29, 0.717) is 16.9 Å². The Hall–Kier alpha value is -3.46. The van der Waals surface area contributed by atoms with Gasteiger partial charge in [-0.2, -0.15) is 0 Å². The van der Waals surface area contributed by atoms with Crippen molar-refractivity contribution < 1.29 is 24.6 Å². The fourth-order valence-electron chi connectivity index (χ4n) is 3.18. The molecule has 4 N–H and O–H groups in total. The van der Waals surface area contributed by atoms with Gasteiger partial charge in [0.2, 0.25) is 11.8 Å². The molecule has 28 heavy (non-hydrogen) atoms. The molecule has 1 aliphatic heterocycles. The molecule has 1 unspecified atom stereocenters. The van der Waals surface area contributed by atoms with Crippen LogP contribution in [-0.2, 0) is 9.59 Å². The lowest BCUT2D eigenvalue weighted by Gasteiger charge is -2.22. The maximum absolute atomic E-state index is 12.5. The Bertz CT molecular complexity index is 982. The number of carbonyl (C=O) groups is 3. The van der Waals surface area contributed by atoms with Gasteiger partial charge in [-0.15, -0.1) is 0 Å². The summed E-state index contributed by atoms with van der Waals surface area (Å²) in [7, 11) is 0. The Kier molecular flexibility index (Phi) is 5.27. The molecule has 1 aromatic heterocycles. The topological polar surface area (TPSA) is 140 Å². The number of benzene rings is 1. The van der Waals surface area contributed by atoms with Gasteiger partial charge in [0.15, 0.2) is 0 Å². The van der Waals surface area contributed by atoms with Crippen LogP contribution in [0.15, 0.2) is 41.2 Å². The number of nitrogens with zero attached hydrogens (tertiary/aromatic N) is 1. The van der Waals surface area contributed by atoms with E-state index in [9.17, 15) is 24.3 Å². The molecule has 0 radical (unpaired) electrons. The van der Waals surface area contributed by atoms with E-state index in [0.717, 1.165) is 0 Å². The molecule has 0 bridgehead atoms. The SMILES string of the molecule is CC(=O)N1CC(O)C[C@@H]1C(=O)Nc1ccc(-c2ccc(C(=O)O)c(=O)[nH]2)cc1. The highest BCUT2D eigenvalue weighted by Gasteiger charge is 2.37. The third-order valence-electron chi connectivity index (χ3n) is 4.59. The van der Waals surface area contributed by atoms with E-state index in [4.69, 9.17) is 5.11 Å². The van der Waals surface area contributed by atoms with E-state index < -0.39 is 29.6 Å². The summed E-state index contributed by atoms with van der Waals surface area (Å²) < 4.78 is 0. The minimum atomic E-state index is -1.30. The number of pyridine rings is 1. The van der Waals surface area contributed by atoms with Crippen LogP contribution in [0.4, 0.5) is 5.69 Å². The molecule has 146 valence electrons. The number of hydrogen-bond donors (Lipinski definition) is 4. The summed E-state index contributed by atoms with van der Waals surface area (Å²) in [6.07, 6.45) is -0.548.